The largest absolute Gasteiger partial charge is 0.0888 e. The van der Waals surface area contributed by atoms with Crippen LogP contribution in [0.2, 0.25) is 0 Å². The number of rotatable bonds is 7. The Morgan fingerprint density at radius 1 is 1.00 bits per heavy atom. The van der Waals surface area contributed by atoms with Gasteiger partial charge in [0.05, 0.1) is 0 Å². The van der Waals surface area contributed by atoms with E-state index in [1.54, 1.807) is 6.08 Å². The average molecular weight is 151 g/mol. The third kappa shape index (κ3) is 9.48. The van der Waals surface area contributed by atoms with E-state index in [9.17, 15) is 0 Å². The molecular weight excluding hydrogens is 132 g/mol. The summed E-state index contributed by atoms with van der Waals surface area (Å²) in [6.45, 7) is 7.42. The van der Waals surface area contributed by atoms with Gasteiger partial charge in [0.1, 0.15) is 0 Å². The van der Waals surface area contributed by atoms with Gasteiger partial charge in [0.2, 0.25) is 0 Å². The van der Waals surface area contributed by atoms with Crippen molar-refractivity contribution in [2.45, 2.75) is 45.4 Å². The number of allylic oxidation sites excluding steroid dienone is 3. The quantitative estimate of drug-likeness (QED) is 0.382. The topological polar surface area (TPSA) is 0 Å². The normalized spacial score (nSPS) is 10.6. The molecule has 0 unspecified atom stereocenters. The summed E-state index contributed by atoms with van der Waals surface area (Å²) in [5.41, 5.74) is 0. The second kappa shape index (κ2) is 9.48. The van der Waals surface area contributed by atoms with Crippen LogP contribution in [0.3, 0.4) is 0 Å². The summed E-state index contributed by atoms with van der Waals surface area (Å²) in [7, 11) is 0. The van der Waals surface area contributed by atoms with Gasteiger partial charge in [-0.2, -0.15) is 0 Å². The first-order chi connectivity index (χ1) is 5.41. The molecule has 0 nitrogen and oxygen atoms in total. The molecule has 0 saturated heterocycles. The van der Waals surface area contributed by atoms with Crippen LogP contribution in [0, 0.1) is 6.58 Å². The Hall–Kier alpha value is -0.520. The maximum absolute atomic E-state index is 5.25. The molecule has 0 aromatic heterocycles. The van der Waals surface area contributed by atoms with Gasteiger partial charge in [-0.05, 0) is 32.1 Å². The van der Waals surface area contributed by atoms with E-state index in [-0.39, 0.29) is 0 Å². The zero-order valence-electron chi connectivity index (χ0n) is 7.55. The van der Waals surface area contributed by atoms with Gasteiger partial charge in [-0.1, -0.05) is 38.2 Å². The van der Waals surface area contributed by atoms with Gasteiger partial charge < -0.3 is 0 Å². The van der Waals surface area contributed by atoms with E-state index < -0.39 is 0 Å². The Morgan fingerprint density at radius 3 is 2.36 bits per heavy atom. The molecule has 0 rings (SSSR count). The maximum Gasteiger partial charge on any atom is -0.0348 e. The number of hydrogen-bond acceptors (Lipinski definition) is 0. The van der Waals surface area contributed by atoms with E-state index >= 15 is 0 Å². The molecule has 0 atom stereocenters. The minimum atomic E-state index is 1.07. The van der Waals surface area contributed by atoms with E-state index in [1.807, 2.05) is 0 Å². The van der Waals surface area contributed by atoms with Crippen molar-refractivity contribution in [3.05, 3.63) is 24.8 Å². The SMILES string of the molecule is [CH]=CCCCCCC=CCC. The highest BCUT2D eigenvalue weighted by Crippen LogP contribution is 2.03. The van der Waals surface area contributed by atoms with Crippen LogP contribution < -0.4 is 0 Å². The summed E-state index contributed by atoms with van der Waals surface area (Å²) in [4.78, 5) is 0. The summed E-state index contributed by atoms with van der Waals surface area (Å²) in [6.07, 6.45) is 13.6. The van der Waals surface area contributed by atoms with E-state index in [0.29, 0.717) is 0 Å². The Morgan fingerprint density at radius 2 is 1.73 bits per heavy atom. The zero-order valence-corrected chi connectivity index (χ0v) is 7.55. The molecule has 0 N–H and O–H groups in total. The summed E-state index contributed by atoms with van der Waals surface area (Å²) in [5, 5.41) is 0. The van der Waals surface area contributed by atoms with Crippen LogP contribution >= 0.6 is 0 Å². The molecule has 11 heavy (non-hydrogen) atoms. The summed E-state index contributed by atoms with van der Waals surface area (Å²) in [5.74, 6) is 0. The first kappa shape index (κ1) is 10.5. The standard InChI is InChI=1S/C11H19/c1-3-5-7-9-11-10-8-6-4-2/h1,3,6,8H,4-5,7,9-11H2,2H3. The molecule has 63 valence electrons. The molecule has 0 aliphatic carbocycles. The molecule has 0 aromatic carbocycles. The van der Waals surface area contributed by atoms with Gasteiger partial charge in [-0.15, -0.1) is 0 Å². The van der Waals surface area contributed by atoms with Crippen molar-refractivity contribution in [3.8, 4) is 0 Å². The predicted molar refractivity (Wildman–Crippen MR) is 51.4 cm³/mol. The second-order valence-electron chi connectivity index (χ2n) is 2.75. The minimum Gasteiger partial charge on any atom is -0.0888 e. The summed E-state index contributed by atoms with van der Waals surface area (Å²) >= 11 is 0. The van der Waals surface area contributed by atoms with Gasteiger partial charge in [-0.25, -0.2) is 0 Å². The lowest BCUT2D eigenvalue weighted by atomic mass is 10.1. The molecule has 0 heterocycles. The van der Waals surface area contributed by atoms with Gasteiger partial charge in [0, 0.05) is 0 Å². The Labute approximate surface area is 71.0 Å². The summed E-state index contributed by atoms with van der Waals surface area (Å²) in [6, 6.07) is 0. The average Bonchev–Trinajstić information content (AvgIpc) is 2.03. The van der Waals surface area contributed by atoms with Crippen LogP contribution in [0.25, 0.3) is 0 Å². The third-order valence-corrected chi connectivity index (χ3v) is 1.64. The zero-order chi connectivity index (χ0) is 8.36. The molecule has 0 heteroatoms. The fourth-order valence-corrected chi connectivity index (χ4v) is 0.986. The van der Waals surface area contributed by atoms with Crippen molar-refractivity contribution in [2.75, 3.05) is 0 Å². The van der Waals surface area contributed by atoms with E-state index in [0.717, 1.165) is 12.8 Å². The molecule has 0 aromatic rings. The van der Waals surface area contributed by atoms with Gasteiger partial charge in [0.15, 0.2) is 0 Å². The van der Waals surface area contributed by atoms with E-state index in [1.165, 1.54) is 25.7 Å². The molecule has 1 radical (unpaired) electrons. The van der Waals surface area contributed by atoms with Crippen LogP contribution in [0.1, 0.15) is 45.4 Å². The van der Waals surface area contributed by atoms with Crippen LogP contribution in [0.5, 0.6) is 0 Å². The van der Waals surface area contributed by atoms with E-state index in [2.05, 4.69) is 19.1 Å². The molecular formula is C11H19. The van der Waals surface area contributed by atoms with Crippen LogP contribution in [0.15, 0.2) is 18.2 Å². The number of hydrogen-bond donors (Lipinski definition) is 0. The van der Waals surface area contributed by atoms with Crippen LogP contribution in [-0.4, -0.2) is 0 Å². The Kier molecular flexibility index (Phi) is 9.03. The Bertz CT molecular complexity index is 101. The number of unbranched alkanes of at least 4 members (excludes halogenated alkanes) is 4. The van der Waals surface area contributed by atoms with E-state index in [4.69, 9.17) is 6.58 Å². The summed E-state index contributed by atoms with van der Waals surface area (Å²) < 4.78 is 0. The minimum absolute atomic E-state index is 1.07. The van der Waals surface area contributed by atoms with Crippen molar-refractivity contribution in [2.24, 2.45) is 0 Å². The highest BCUT2D eigenvalue weighted by molar-refractivity contribution is 4.79. The lowest BCUT2D eigenvalue weighted by molar-refractivity contribution is 0.695. The van der Waals surface area contributed by atoms with Gasteiger partial charge in [-0.3, -0.25) is 0 Å². The first-order valence-corrected chi connectivity index (χ1v) is 4.60. The molecule has 0 fully saturated rings. The maximum atomic E-state index is 5.25. The highest BCUT2D eigenvalue weighted by Gasteiger charge is 1.83. The fraction of sp³-hybridized carbons (Fsp3) is 0.636. The molecule has 0 amide bonds. The molecule has 0 saturated carbocycles. The van der Waals surface area contributed by atoms with Crippen molar-refractivity contribution in [1.29, 1.82) is 0 Å². The van der Waals surface area contributed by atoms with Crippen molar-refractivity contribution in [3.63, 3.8) is 0 Å². The van der Waals surface area contributed by atoms with Crippen molar-refractivity contribution in [1.82, 2.24) is 0 Å². The predicted octanol–water partition coefficient (Wildman–Crippen LogP) is 3.89. The molecule has 0 aliphatic heterocycles. The monoisotopic (exact) mass is 151 g/mol. The molecule has 0 aliphatic rings. The van der Waals surface area contributed by atoms with Crippen LogP contribution in [-0.2, 0) is 0 Å². The third-order valence-electron chi connectivity index (χ3n) is 1.64. The fourth-order valence-electron chi connectivity index (χ4n) is 0.986. The second-order valence-corrected chi connectivity index (χ2v) is 2.75. The van der Waals surface area contributed by atoms with Crippen molar-refractivity contribution < 1.29 is 0 Å². The lowest BCUT2D eigenvalue weighted by Crippen LogP contribution is -1.73. The Balaban J connectivity index is 2.90. The van der Waals surface area contributed by atoms with Crippen molar-refractivity contribution >= 4 is 0 Å². The highest BCUT2D eigenvalue weighted by atomic mass is 13.9. The van der Waals surface area contributed by atoms with Gasteiger partial charge in [0.25, 0.3) is 0 Å². The molecule has 0 bridgehead atoms. The lowest BCUT2D eigenvalue weighted by Gasteiger charge is -1.93. The van der Waals surface area contributed by atoms with Gasteiger partial charge >= 0.3 is 0 Å². The van der Waals surface area contributed by atoms with Crippen LogP contribution in [0.4, 0.5) is 0 Å². The smallest absolute Gasteiger partial charge is 0.0348 e. The first-order valence-electron chi connectivity index (χ1n) is 4.60. The molecule has 0 spiro atoms.